The highest BCUT2D eigenvalue weighted by atomic mass is 32.1. The van der Waals surface area contributed by atoms with Gasteiger partial charge in [0.25, 0.3) is 5.91 Å². The molecule has 1 amide bonds. The summed E-state index contributed by atoms with van der Waals surface area (Å²) in [4.78, 5) is 31.1. The van der Waals surface area contributed by atoms with Gasteiger partial charge in [0.2, 0.25) is 0 Å². The van der Waals surface area contributed by atoms with Crippen LogP contribution in [0, 0.1) is 0 Å². The molecule has 1 atom stereocenters. The van der Waals surface area contributed by atoms with Crippen LogP contribution < -0.4 is 0 Å². The standard InChI is InChI=1S/C16H19N3O4S/c1-18(9-15(20)21)7-12-8-19(4-5-23-12)16(22)11-2-3-13-14(6-11)24-10-17-13/h2-3,6,10,12H,4-5,7-9H2,1H3,(H,20,21). The second-order valence-corrected chi connectivity index (χ2v) is 6.76. The first-order chi connectivity index (χ1) is 11.5. The molecule has 128 valence electrons. The van der Waals surface area contributed by atoms with Crippen molar-refractivity contribution >= 4 is 33.4 Å². The van der Waals surface area contributed by atoms with Gasteiger partial charge in [0, 0.05) is 25.2 Å². The van der Waals surface area contributed by atoms with Gasteiger partial charge in [-0.3, -0.25) is 14.5 Å². The number of carboxylic acid groups (broad SMARTS) is 1. The zero-order chi connectivity index (χ0) is 17.1. The van der Waals surface area contributed by atoms with E-state index in [0.717, 1.165) is 10.2 Å². The molecule has 7 nitrogen and oxygen atoms in total. The van der Waals surface area contributed by atoms with E-state index in [0.29, 0.717) is 31.8 Å². The molecule has 1 aliphatic heterocycles. The van der Waals surface area contributed by atoms with Crippen LogP contribution in [0.15, 0.2) is 23.7 Å². The van der Waals surface area contributed by atoms with Gasteiger partial charge >= 0.3 is 5.97 Å². The Bertz CT molecular complexity index is 748. The van der Waals surface area contributed by atoms with Crippen LogP contribution in [0.4, 0.5) is 0 Å². The number of carbonyl (C=O) groups excluding carboxylic acids is 1. The summed E-state index contributed by atoms with van der Waals surface area (Å²) < 4.78 is 6.66. The lowest BCUT2D eigenvalue weighted by molar-refractivity contribution is -0.138. The highest BCUT2D eigenvalue weighted by Crippen LogP contribution is 2.20. The number of nitrogens with zero attached hydrogens (tertiary/aromatic N) is 3. The lowest BCUT2D eigenvalue weighted by Crippen LogP contribution is -2.49. The van der Waals surface area contributed by atoms with Crippen molar-refractivity contribution in [3.63, 3.8) is 0 Å². The SMILES string of the molecule is CN(CC(=O)O)CC1CN(C(=O)c2ccc3ncsc3c2)CCO1. The van der Waals surface area contributed by atoms with Crippen LogP contribution >= 0.6 is 11.3 Å². The van der Waals surface area contributed by atoms with Gasteiger partial charge in [-0.2, -0.15) is 0 Å². The number of aliphatic carboxylic acids is 1. The largest absolute Gasteiger partial charge is 0.480 e. The Balaban J connectivity index is 1.65. The minimum atomic E-state index is -0.876. The van der Waals surface area contributed by atoms with Gasteiger partial charge in [-0.1, -0.05) is 0 Å². The molecular weight excluding hydrogens is 330 g/mol. The summed E-state index contributed by atoms with van der Waals surface area (Å²) in [6, 6.07) is 5.53. The van der Waals surface area contributed by atoms with Crippen molar-refractivity contribution in [3.8, 4) is 0 Å². The van der Waals surface area contributed by atoms with Gasteiger partial charge < -0.3 is 14.7 Å². The highest BCUT2D eigenvalue weighted by Gasteiger charge is 2.26. The number of aromatic nitrogens is 1. The Labute approximate surface area is 143 Å². The molecule has 0 saturated carbocycles. The average molecular weight is 349 g/mol. The first kappa shape index (κ1) is 16.8. The second-order valence-electron chi connectivity index (χ2n) is 5.87. The predicted molar refractivity (Wildman–Crippen MR) is 90.4 cm³/mol. The minimum Gasteiger partial charge on any atom is -0.480 e. The summed E-state index contributed by atoms with van der Waals surface area (Å²) in [6.45, 7) is 1.89. The average Bonchev–Trinajstić information content (AvgIpc) is 3.01. The maximum Gasteiger partial charge on any atom is 0.317 e. The molecule has 1 N–H and O–H groups in total. The van der Waals surface area contributed by atoms with Crippen molar-refractivity contribution in [1.29, 1.82) is 0 Å². The molecule has 3 rings (SSSR count). The van der Waals surface area contributed by atoms with Crippen molar-refractivity contribution in [2.75, 3.05) is 39.8 Å². The fraction of sp³-hybridized carbons (Fsp3) is 0.438. The highest BCUT2D eigenvalue weighted by molar-refractivity contribution is 7.16. The van der Waals surface area contributed by atoms with Crippen molar-refractivity contribution in [3.05, 3.63) is 29.3 Å². The van der Waals surface area contributed by atoms with E-state index in [1.807, 2.05) is 12.1 Å². The molecule has 1 saturated heterocycles. The number of fused-ring (bicyclic) bond motifs is 1. The van der Waals surface area contributed by atoms with Crippen molar-refractivity contribution in [2.45, 2.75) is 6.10 Å². The Morgan fingerprint density at radius 1 is 1.50 bits per heavy atom. The molecule has 0 bridgehead atoms. The quantitative estimate of drug-likeness (QED) is 0.872. The smallest absolute Gasteiger partial charge is 0.317 e. The third-order valence-corrected chi connectivity index (χ3v) is 4.72. The lowest BCUT2D eigenvalue weighted by Gasteiger charge is -2.34. The lowest BCUT2D eigenvalue weighted by atomic mass is 10.1. The van der Waals surface area contributed by atoms with Crippen LogP contribution in [0.5, 0.6) is 0 Å². The monoisotopic (exact) mass is 349 g/mol. The number of hydrogen-bond donors (Lipinski definition) is 1. The maximum absolute atomic E-state index is 12.7. The topological polar surface area (TPSA) is 83.0 Å². The number of amides is 1. The summed E-state index contributed by atoms with van der Waals surface area (Å²) in [5.41, 5.74) is 3.31. The number of thiazole rings is 1. The third-order valence-electron chi connectivity index (χ3n) is 3.92. The summed E-state index contributed by atoms with van der Waals surface area (Å²) in [5.74, 6) is -0.904. The van der Waals surface area contributed by atoms with Crippen molar-refractivity contribution < 1.29 is 19.4 Å². The van der Waals surface area contributed by atoms with Gasteiger partial charge in [-0.15, -0.1) is 11.3 Å². The van der Waals surface area contributed by atoms with Gasteiger partial charge in [0.1, 0.15) is 0 Å². The fourth-order valence-corrected chi connectivity index (χ4v) is 3.54. The van der Waals surface area contributed by atoms with Crippen molar-refractivity contribution in [1.82, 2.24) is 14.8 Å². The Morgan fingerprint density at radius 2 is 2.33 bits per heavy atom. The molecule has 0 aliphatic carbocycles. The summed E-state index contributed by atoms with van der Waals surface area (Å²) >= 11 is 1.51. The van der Waals surface area contributed by atoms with Gasteiger partial charge in [-0.25, -0.2) is 4.98 Å². The van der Waals surface area contributed by atoms with E-state index >= 15 is 0 Å². The Kier molecular flexibility index (Phi) is 5.08. The first-order valence-corrected chi connectivity index (χ1v) is 8.55. The van der Waals surface area contributed by atoms with Crippen LogP contribution in [0.1, 0.15) is 10.4 Å². The number of benzene rings is 1. The normalized spacial score (nSPS) is 18.2. The number of likely N-dealkylation sites (N-methyl/N-ethyl adjacent to an activating group) is 1. The summed E-state index contributed by atoms with van der Waals surface area (Å²) in [6.07, 6.45) is -0.181. The molecule has 0 radical (unpaired) electrons. The maximum atomic E-state index is 12.7. The number of carboxylic acids is 1. The Hall–Kier alpha value is -2.03. The van der Waals surface area contributed by atoms with Crippen LogP contribution in [0.25, 0.3) is 10.2 Å². The molecule has 1 aromatic heterocycles. The molecule has 1 aromatic carbocycles. The van der Waals surface area contributed by atoms with E-state index < -0.39 is 5.97 Å². The molecule has 24 heavy (non-hydrogen) atoms. The summed E-state index contributed by atoms with van der Waals surface area (Å²) in [7, 11) is 1.73. The van der Waals surface area contributed by atoms with Gasteiger partial charge in [0.05, 0.1) is 35.0 Å². The zero-order valence-corrected chi connectivity index (χ0v) is 14.2. The van der Waals surface area contributed by atoms with E-state index in [4.69, 9.17) is 9.84 Å². The number of morpholine rings is 1. The molecule has 8 heteroatoms. The Morgan fingerprint density at radius 3 is 3.12 bits per heavy atom. The van der Waals surface area contributed by atoms with E-state index in [1.54, 1.807) is 28.4 Å². The van der Waals surface area contributed by atoms with Crippen LogP contribution in [0.3, 0.4) is 0 Å². The van der Waals surface area contributed by atoms with Gasteiger partial charge in [-0.05, 0) is 25.2 Å². The van der Waals surface area contributed by atoms with E-state index in [2.05, 4.69) is 4.98 Å². The number of hydrogen-bond acceptors (Lipinski definition) is 6. The second kappa shape index (κ2) is 7.25. The van der Waals surface area contributed by atoms with Crippen LogP contribution in [-0.2, 0) is 9.53 Å². The molecule has 1 aliphatic rings. The fourth-order valence-electron chi connectivity index (χ4n) is 2.83. The summed E-state index contributed by atoms with van der Waals surface area (Å²) in [5, 5.41) is 8.82. The molecule has 1 unspecified atom stereocenters. The van der Waals surface area contributed by atoms with Crippen LogP contribution in [-0.4, -0.2) is 77.7 Å². The van der Waals surface area contributed by atoms with E-state index in [9.17, 15) is 9.59 Å². The molecule has 0 spiro atoms. The zero-order valence-electron chi connectivity index (χ0n) is 13.3. The number of carbonyl (C=O) groups is 2. The minimum absolute atomic E-state index is 0.0283. The van der Waals surface area contributed by atoms with E-state index in [1.165, 1.54) is 11.3 Å². The van der Waals surface area contributed by atoms with Crippen LogP contribution in [0.2, 0.25) is 0 Å². The molecular formula is C16H19N3O4S. The van der Waals surface area contributed by atoms with E-state index in [-0.39, 0.29) is 18.6 Å². The van der Waals surface area contributed by atoms with Crippen molar-refractivity contribution in [2.24, 2.45) is 0 Å². The number of ether oxygens (including phenoxy) is 1. The number of rotatable bonds is 5. The third kappa shape index (κ3) is 3.89. The molecule has 2 heterocycles. The first-order valence-electron chi connectivity index (χ1n) is 7.67. The van der Waals surface area contributed by atoms with Gasteiger partial charge in [0.15, 0.2) is 0 Å². The predicted octanol–water partition coefficient (Wildman–Crippen LogP) is 1.15. The molecule has 2 aromatic rings. The molecule has 1 fully saturated rings.